The topological polar surface area (TPSA) is 69.7 Å². The summed E-state index contributed by atoms with van der Waals surface area (Å²) in [7, 11) is 0. The highest BCUT2D eigenvalue weighted by molar-refractivity contribution is 6.33. The summed E-state index contributed by atoms with van der Waals surface area (Å²) in [6.45, 7) is 0. The summed E-state index contributed by atoms with van der Waals surface area (Å²) in [5, 5.41) is 23.6. The summed E-state index contributed by atoms with van der Waals surface area (Å²) in [4.78, 5) is 0. The number of hydrogen-bond acceptors (Lipinski definition) is 4. The van der Waals surface area contributed by atoms with Gasteiger partial charge in [0, 0.05) is 38.9 Å². The zero-order chi connectivity index (χ0) is 21.3. The number of rotatable bonds is 4. The predicted molar refractivity (Wildman–Crippen MR) is 123 cm³/mol. The van der Waals surface area contributed by atoms with Crippen molar-refractivity contribution in [1.82, 2.24) is 0 Å². The molecule has 30 heavy (non-hydrogen) atoms. The largest absolute Gasteiger partial charge is 0.507 e. The predicted octanol–water partition coefficient (Wildman–Crippen LogP) is 6.75. The van der Waals surface area contributed by atoms with Gasteiger partial charge in [-0.15, -0.1) is 0 Å². The van der Waals surface area contributed by atoms with Crippen molar-refractivity contribution in [3.8, 4) is 33.8 Å². The van der Waals surface area contributed by atoms with Gasteiger partial charge in [0.2, 0.25) is 0 Å². The van der Waals surface area contributed by atoms with Crippen molar-refractivity contribution in [3.05, 3.63) is 95.0 Å². The van der Waals surface area contributed by atoms with E-state index in [2.05, 4.69) is 0 Å². The Hall–Kier alpha value is -3.18. The van der Waals surface area contributed by atoms with E-state index in [-0.39, 0.29) is 11.5 Å². The molecular weight excluding hydrogens is 419 g/mol. The fourth-order valence-electron chi connectivity index (χ4n) is 3.30. The van der Waals surface area contributed by atoms with Gasteiger partial charge in [-0.1, -0.05) is 53.5 Å². The molecule has 4 aromatic rings. The molecule has 4 N–H and O–H groups in total. The standard InChI is InChI=1S/C24H18Cl2N2O2/c25-16-5-3-4-15(12-16)19-10-8-17(13-23(19)29)28(27)18-9-11-21(24(30)14-18)20-6-1-2-7-22(20)26/h1-14,29-30H,27H2. The number of hydrogen-bond donors (Lipinski definition) is 3. The van der Waals surface area contributed by atoms with Crippen molar-refractivity contribution in [3.63, 3.8) is 0 Å². The maximum atomic E-state index is 10.5. The van der Waals surface area contributed by atoms with Crippen LogP contribution in [0.5, 0.6) is 11.5 Å². The number of phenols is 2. The van der Waals surface area contributed by atoms with Gasteiger partial charge in [-0.2, -0.15) is 0 Å². The molecule has 0 atom stereocenters. The van der Waals surface area contributed by atoms with Gasteiger partial charge in [0.05, 0.1) is 11.4 Å². The van der Waals surface area contributed by atoms with E-state index in [9.17, 15) is 10.2 Å². The van der Waals surface area contributed by atoms with Gasteiger partial charge in [0.25, 0.3) is 0 Å². The molecular formula is C24H18Cl2N2O2. The second-order valence-corrected chi connectivity index (χ2v) is 7.61. The molecule has 0 aliphatic carbocycles. The molecule has 0 unspecified atom stereocenters. The number of phenolic OH excluding ortho intramolecular Hbond substituents is 2. The van der Waals surface area contributed by atoms with Crippen LogP contribution in [0.3, 0.4) is 0 Å². The molecule has 4 nitrogen and oxygen atoms in total. The van der Waals surface area contributed by atoms with Crippen LogP contribution in [-0.4, -0.2) is 10.2 Å². The highest BCUT2D eigenvalue weighted by Gasteiger charge is 2.14. The molecule has 4 rings (SSSR count). The molecule has 0 fully saturated rings. The molecule has 0 spiro atoms. The van der Waals surface area contributed by atoms with Crippen LogP contribution in [0.4, 0.5) is 11.4 Å². The average molecular weight is 437 g/mol. The number of halogens is 2. The van der Waals surface area contributed by atoms with Crippen molar-refractivity contribution in [1.29, 1.82) is 0 Å². The summed E-state index contributed by atoms with van der Waals surface area (Å²) in [6.07, 6.45) is 0. The maximum Gasteiger partial charge on any atom is 0.125 e. The highest BCUT2D eigenvalue weighted by atomic mass is 35.5. The van der Waals surface area contributed by atoms with Gasteiger partial charge >= 0.3 is 0 Å². The van der Waals surface area contributed by atoms with E-state index in [1.54, 1.807) is 54.6 Å². The third kappa shape index (κ3) is 3.94. The zero-order valence-corrected chi connectivity index (χ0v) is 17.3. The van der Waals surface area contributed by atoms with Crippen LogP contribution < -0.4 is 10.9 Å². The molecule has 150 valence electrons. The molecule has 4 aromatic carbocycles. The SMILES string of the molecule is NN(c1ccc(-c2cccc(Cl)c2)c(O)c1)c1ccc(-c2ccccc2Cl)c(O)c1. The number of nitrogens with two attached hydrogens (primary N) is 1. The Morgan fingerprint density at radius 1 is 0.633 bits per heavy atom. The highest BCUT2D eigenvalue weighted by Crippen LogP contribution is 2.39. The van der Waals surface area contributed by atoms with Crippen molar-refractivity contribution >= 4 is 34.6 Å². The first-order valence-corrected chi connectivity index (χ1v) is 9.91. The second-order valence-electron chi connectivity index (χ2n) is 6.76. The van der Waals surface area contributed by atoms with E-state index in [1.807, 2.05) is 30.3 Å². The van der Waals surface area contributed by atoms with Crippen LogP contribution in [0.2, 0.25) is 10.0 Å². The van der Waals surface area contributed by atoms with Crippen molar-refractivity contribution in [2.24, 2.45) is 5.84 Å². The Morgan fingerprint density at radius 2 is 1.27 bits per heavy atom. The number of benzene rings is 4. The van der Waals surface area contributed by atoms with Gasteiger partial charge in [-0.3, -0.25) is 5.01 Å². The molecule has 0 radical (unpaired) electrons. The quantitative estimate of drug-likeness (QED) is 0.244. The van der Waals surface area contributed by atoms with Gasteiger partial charge in [0.15, 0.2) is 0 Å². The molecule has 0 aliphatic heterocycles. The Kier molecular flexibility index (Phi) is 5.55. The molecule has 0 amide bonds. The second kappa shape index (κ2) is 8.28. The molecule has 0 heterocycles. The Morgan fingerprint density at radius 3 is 1.87 bits per heavy atom. The van der Waals surface area contributed by atoms with Crippen LogP contribution in [0.25, 0.3) is 22.3 Å². The molecule has 6 heteroatoms. The molecule has 0 aromatic heterocycles. The first-order valence-electron chi connectivity index (χ1n) is 9.16. The lowest BCUT2D eigenvalue weighted by Crippen LogP contribution is -2.24. The van der Waals surface area contributed by atoms with Crippen LogP contribution in [-0.2, 0) is 0 Å². The summed E-state index contributed by atoms with van der Waals surface area (Å²) in [6, 6.07) is 24.7. The summed E-state index contributed by atoms with van der Waals surface area (Å²) in [5.74, 6) is 6.37. The summed E-state index contributed by atoms with van der Waals surface area (Å²) >= 11 is 12.3. The molecule has 0 saturated carbocycles. The number of anilines is 2. The van der Waals surface area contributed by atoms with Crippen molar-refractivity contribution < 1.29 is 10.2 Å². The van der Waals surface area contributed by atoms with Crippen molar-refractivity contribution in [2.75, 3.05) is 5.01 Å². The van der Waals surface area contributed by atoms with E-state index in [0.29, 0.717) is 32.5 Å². The van der Waals surface area contributed by atoms with Crippen LogP contribution in [0, 0.1) is 0 Å². The number of hydrazine groups is 1. The third-order valence-corrected chi connectivity index (χ3v) is 5.38. The normalized spacial score (nSPS) is 10.8. The Labute approximate surface area is 184 Å². The third-order valence-electron chi connectivity index (χ3n) is 4.82. The van der Waals surface area contributed by atoms with Gasteiger partial charge in [0.1, 0.15) is 11.5 Å². The minimum absolute atomic E-state index is 0.0517. The van der Waals surface area contributed by atoms with Crippen LogP contribution in [0.15, 0.2) is 84.9 Å². The lowest BCUT2D eigenvalue weighted by Gasteiger charge is -2.21. The zero-order valence-electron chi connectivity index (χ0n) is 15.8. The molecule has 0 bridgehead atoms. The first-order chi connectivity index (χ1) is 14.4. The number of aromatic hydroxyl groups is 2. The Bertz CT molecular complexity index is 1230. The van der Waals surface area contributed by atoms with Crippen LogP contribution in [0.1, 0.15) is 0 Å². The summed E-state index contributed by atoms with van der Waals surface area (Å²) < 4.78 is 0. The van der Waals surface area contributed by atoms with Gasteiger partial charge in [-0.05, 0) is 48.0 Å². The smallest absolute Gasteiger partial charge is 0.125 e. The lowest BCUT2D eigenvalue weighted by molar-refractivity contribution is 0.477. The summed E-state index contributed by atoms with van der Waals surface area (Å²) in [5.41, 5.74) is 3.90. The van der Waals surface area contributed by atoms with Crippen LogP contribution >= 0.6 is 23.2 Å². The van der Waals surface area contributed by atoms with E-state index in [0.717, 1.165) is 11.1 Å². The Balaban J connectivity index is 1.65. The monoisotopic (exact) mass is 436 g/mol. The van der Waals surface area contributed by atoms with E-state index < -0.39 is 0 Å². The molecule has 0 saturated heterocycles. The minimum Gasteiger partial charge on any atom is -0.507 e. The average Bonchev–Trinajstić information content (AvgIpc) is 2.74. The van der Waals surface area contributed by atoms with Crippen molar-refractivity contribution in [2.45, 2.75) is 0 Å². The van der Waals surface area contributed by atoms with E-state index in [4.69, 9.17) is 29.0 Å². The fourth-order valence-corrected chi connectivity index (χ4v) is 3.72. The van der Waals surface area contributed by atoms with E-state index in [1.165, 1.54) is 5.01 Å². The van der Waals surface area contributed by atoms with Gasteiger partial charge < -0.3 is 10.2 Å². The molecule has 0 aliphatic rings. The minimum atomic E-state index is 0.0517. The van der Waals surface area contributed by atoms with Gasteiger partial charge in [-0.25, -0.2) is 5.84 Å². The lowest BCUT2D eigenvalue weighted by atomic mass is 10.0. The fraction of sp³-hybridized carbons (Fsp3) is 0. The van der Waals surface area contributed by atoms with E-state index >= 15 is 0 Å². The maximum absolute atomic E-state index is 10.5. The first kappa shape index (κ1) is 20.1. The number of nitrogens with zero attached hydrogens (tertiary/aromatic N) is 1.